The van der Waals surface area contributed by atoms with Crippen LogP contribution in [0.5, 0.6) is 0 Å². The average molecular weight is 223 g/mol. The molecule has 0 unspecified atom stereocenters. The van der Waals surface area contributed by atoms with Crippen molar-refractivity contribution in [2.24, 2.45) is 5.41 Å². The molecule has 0 aromatic carbocycles. The lowest BCUT2D eigenvalue weighted by Gasteiger charge is -2.43. The summed E-state index contributed by atoms with van der Waals surface area (Å²) < 4.78 is 6.00. The summed E-state index contributed by atoms with van der Waals surface area (Å²) in [6.07, 6.45) is 7.53. The Labute approximate surface area is 99.3 Å². The van der Waals surface area contributed by atoms with Crippen LogP contribution >= 0.6 is 0 Å². The first kappa shape index (κ1) is 11.0. The zero-order valence-corrected chi connectivity index (χ0v) is 11.0. The third kappa shape index (κ3) is 2.14. The monoisotopic (exact) mass is 223 g/mol. The lowest BCUT2D eigenvalue weighted by molar-refractivity contribution is -0.118. The molecule has 16 heavy (non-hydrogen) atoms. The number of ether oxygens (including phenoxy) is 1. The van der Waals surface area contributed by atoms with E-state index in [0.717, 1.165) is 11.5 Å². The molecule has 2 nitrogen and oxygen atoms in total. The van der Waals surface area contributed by atoms with Gasteiger partial charge >= 0.3 is 0 Å². The summed E-state index contributed by atoms with van der Waals surface area (Å²) in [5.74, 6) is 0. The van der Waals surface area contributed by atoms with Crippen LogP contribution in [0.4, 0.5) is 0 Å². The Bertz CT molecular complexity index is 271. The highest BCUT2D eigenvalue weighted by atomic mass is 16.5. The molecule has 1 aliphatic heterocycles. The quantitative estimate of drug-likeness (QED) is 0.714. The average Bonchev–Trinajstić information content (AvgIpc) is 2.69. The molecule has 92 valence electrons. The van der Waals surface area contributed by atoms with Crippen molar-refractivity contribution in [2.45, 2.75) is 70.6 Å². The Morgan fingerprint density at radius 3 is 2.31 bits per heavy atom. The third-order valence-electron chi connectivity index (χ3n) is 4.53. The molecule has 0 radical (unpaired) electrons. The molecule has 0 aromatic rings. The van der Waals surface area contributed by atoms with Gasteiger partial charge < -0.3 is 4.74 Å². The van der Waals surface area contributed by atoms with Crippen LogP contribution < -0.4 is 0 Å². The van der Waals surface area contributed by atoms with Crippen LogP contribution in [0, 0.1) is 5.41 Å². The largest absolute Gasteiger partial charge is 0.373 e. The molecule has 3 rings (SSSR count). The Hall–Kier alpha value is -0.0800. The minimum absolute atomic E-state index is 0.0400. The minimum atomic E-state index is 0.0400. The highest BCUT2D eigenvalue weighted by Crippen LogP contribution is 2.54. The first-order valence-electron chi connectivity index (χ1n) is 6.88. The molecule has 1 saturated heterocycles. The molecular weight excluding hydrogens is 198 g/mol. The molecule has 0 atom stereocenters. The number of rotatable bonds is 2. The Balaban J connectivity index is 1.44. The summed E-state index contributed by atoms with van der Waals surface area (Å²) in [5, 5.41) is 0. The second-order valence-electron chi connectivity index (χ2n) is 7.20. The normalized spacial score (nSPS) is 37.7. The van der Waals surface area contributed by atoms with Crippen molar-refractivity contribution < 1.29 is 4.74 Å². The highest BCUT2D eigenvalue weighted by molar-refractivity contribution is 5.03. The summed E-state index contributed by atoms with van der Waals surface area (Å²) >= 11 is 0. The number of likely N-dealkylation sites (tertiary alicyclic amines) is 1. The van der Waals surface area contributed by atoms with Crippen LogP contribution in [0.25, 0.3) is 0 Å². The van der Waals surface area contributed by atoms with Gasteiger partial charge in [0, 0.05) is 12.6 Å². The fourth-order valence-corrected chi connectivity index (χ4v) is 3.30. The molecule has 2 saturated carbocycles. The van der Waals surface area contributed by atoms with E-state index >= 15 is 0 Å². The van der Waals surface area contributed by atoms with Crippen LogP contribution in [-0.4, -0.2) is 35.7 Å². The van der Waals surface area contributed by atoms with Gasteiger partial charge in [-0.3, -0.25) is 4.90 Å². The van der Waals surface area contributed by atoms with E-state index in [2.05, 4.69) is 25.7 Å². The summed E-state index contributed by atoms with van der Waals surface area (Å²) in [6, 6.07) is 0.840. The van der Waals surface area contributed by atoms with Gasteiger partial charge in [-0.15, -0.1) is 0 Å². The summed E-state index contributed by atoms with van der Waals surface area (Å²) in [4.78, 5) is 2.73. The van der Waals surface area contributed by atoms with E-state index in [0.29, 0.717) is 6.10 Å². The van der Waals surface area contributed by atoms with Crippen LogP contribution in [0.3, 0.4) is 0 Å². The van der Waals surface area contributed by atoms with Crippen LogP contribution in [0.2, 0.25) is 0 Å². The molecule has 1 heterocycles. The highest BCUT2D eigenvalue weighted by Gasteiger charge is 2.50. The maximum Gasteiger partial charge on any atom is 0.0612 e. The van der Waals surface area contributed by atoms with Gasteiger partial charge in [0.2, 0.25) is 0 Å². The van der Waals surface area contributed by atoms with Gasteiger partial charge in [-0.1, -0.05) is 0 Å². The fraction of sp³-hybridized carbons (Fsp3) is 1.00. The van der Waals surface area contributed by atoms with Crippen LogP contribution in [0.1, 0.15) is 52.9 Å². The topological polar surface area (TPSA) is 12.5 Å². The van der Waals surface area contributed by atoms with E-state index in [1.165, 1.54) is 45.2 Å². The van der Waals surface area contributed by atoms with E-state index in [1.807, 2.05) is 0 Å². The van der Waals surface area contributed by atoms with Crippen molar-refractivity contribution >= 4 is 0 Å². The number of hydrogen-bond acceptors (Lipinski definition) is 2. The maximum absolute atomic E-state index is 6.00. The second kappa shape index (κ2) is 3.46. The van der Waals surface area contributed by atoms with Gasteiger partial charge in [-0.25, -0.2) is 0 Å². The lowest BCUT2D eigenvalue weighted by atomic mass is 9.87. The molecule has 0 amide bonds. The van der Waals surface area contributed by atoms with Crippen LogP contribution in [0.15, 0.2) is 0 Å². The van der Waals surface area contributed by atoms with Crippen molar-refractivity contribution in [3.05, 3.63) is 0 Å². The molecule has 0 bridgehead atoms. The van der Waals surface area contributed by atoms with E-state index in [4.69, 9.17) is 4.74 Å². The Kier molecular flexibility index (Phi) is 2.38. The molecular formula is C14H25NO. The molecule has 3 fully saturated rings. The lowest BCUT2D eigenvalue weighted by Crippen LogP contribution is -2.49. The Morgan fingerprint density at radius 2 is 1.81 bits per heavy atom. The third-order valence-corrected chi connectivity index (χ3v) is 4.53. The van der Waals surface area contributed by atoms with E-state index in [9.17, 15) is 0 Å². The molecule has 0 N–H and O–H groups in total. The van der Waals surface area contributed by atoms with E-state index in [-0.39, 0.29) is 5.60 Å². The SMILES string of the molecule is CC(C)(C)OC1CC(N2CCC3(CC3)C2)C1. The number of nitrogens with zero attached hydrogens (tertiary/aromatic N) is 1. The van der Waals surface area contributed by atoms with Gasteiger partial charge in [0.25, 0.3) is 0 Å². The zero-order chi connectivity index (χ0) is 11.4. The first-order valence-corrected chi connectivity index (χ1v) is 6.88. The van der Waals surface area contributed by atoms with Crippen molar-refractivity contribution in [3.8, 4) is 0 Å². The van der Waals surface area contributed by atoms with Crippen molar-refractivity contribution in [1.82, 2.24) is 4.90 Å². The van der Waals surface area contributed by atoms with Gasteiger partial charge in [0.15, 0.2) is 0 Å². The van der Waals surface area contributed by atoms with Crippen LogP contribution in [-0.2, 0) is 4.74 Å². The fourth-order valence-electron chi connectivity index (χ4n) is 3.30. The van der Waals surface area contributed by atoms with Gasteiger partial charge in [0.1, 0.15) is 0 Å². The summed E-state index contributed by atoms with van der Waals surface area (Å²) in [7, 11) is 0. The van der Waals surface area contributed by atoms with E-state index in [1.54, 1.807) is 0 Å². The Morgan fingerprint density at radius 1 is 1.12 bits per heavy atom. The summed E-state index contributed by atoms with van der Waals surface area (Å²) in [5.41, 5.74) is 0.828. The maximum atomic E-state index is 6.00. The molecule has 3 aliphatic rings. The predicted molar refractivity (Wildman–Crippen MR) is 65.5 cm³/mol. The minimum Gasteiger partial charge on any atom is -0.373 e. The molecule has 2 aliphatic carbocycles. The molecule has 0 aromatic heterocycles. The smallest absolute Gasteiger partial charge is 0.0612 e. The molecule has 1 spiro atoms. The summed E-state index contributed by atoms with van der Waals surface area (Å²) in [6.45, 7) is 9.23. The van der Waals surface area contributed by atoms with Crippen molar-refractivity contribution in [1.29, 1.82) is 0 Å². The van der Waals surface area contributed by atoms with E-state index < -0.39 is 0 Å². The number of hydrogen-bond donors (Lipinski definition) is 0. The van der Waals surface area contributed by atoms with Gasteiger partial charge in [-0.2, -0.15) is 0 Å². The second-order valence-corrected chi connectivity index (χ2v) is 7.20. The van der Waals surface area contributed by atoms with Crippen molar-refractivity contribution in [3.63, 3.8) is 0 Å². The molecule has 2 heteroatoms. The first-order chi connectivity index (χ1) is 7.46. The zero-order valence-electron chi connectivity index (χ0n) is 11.0. The predicted octanol–water partition coefficient (Wildman–Crippen LogP) is 2.82. The van der Waals surface area contributed by atoms with Gasteiger partial charge in [0.05, 0.1) is 11.7 Å². The standard InChI is InChI=1S/C14H25NO/c1-13(2,3)16-12-8-11(9-12)15-7-6-14(10-15)4-5-14/h11-12H,4-10H2,1-3H3. The van der Waals surface area contributed by atoms with Crippen molar-refractivity contribution in [2.75, 3.05) is 13.1 Å². The van der Waals surface area contributed by atoms with Gasteiger partial charge in [-0.05, 0) is 64.8 Å².